The molecule has 1 aromatic heterocycles. The van der Waals surface area contributed by atoms with Crippen LogP contribution in [0.2, 0.25) is 5.02 Å². The first kappa shape index (κ1) is 20.7. The number of benzene rings is 2. The SMILES string of the molecule is COc1ccc(Cl)c(S(=O)(=O)NC(=O)c2cn(-c3cc(F)cc(F)c3)c(C)n2)c1. The summed E-state index contributed by atoms with van der Waals surface area (Å²) < 4.78 is 60.1. The summed E-state index contributed by atoms with van der Waals surface area (Å²) in [6.07, 6.45) is 1.17. The Balaban J connectivity index is 1.92. The molecule has 7 nitrogen and oxygen atoms in total. The largest absolute Gasteiger partial charge is 0.497 e. The minimum Gasteiger partial charge on any atom is -0.497 e. The van der Waals surface area contributed by atoms with Crippen LogP contribution in [0.5, 0.6) is 5.75 Å². The van der Waals surface area contributed by atoms with Crippen molar-refractivity contribution in [1.29, 1.82) is 0 Å². The first-order chi connectivity index (χ1) is 13.6. The van der Waals surface area contributed by atoms with E-state index in [1.54, 1.807) is 0 Å². The Hall–Kier alpha value is -2.98. The zero-order valence-corrected chi connectivity index (χ0v) is 16.7. The molecule has 2 aromatic carbocycles. The van der Waals surface area contributed by atoms with Gasteiger partial charge in [-0.2, -0.15) is 0 Å². The third-order valence-corrected chi connectivity index (χ3v) is 5.71. The van der Waals surface area contributed by atoms with Gasteiger partial charge in [0.05, 0.1) is 17.8 Å². The highest BCUT2D eigenvalue weighted by molar-refractivity contribution is 7.90. The number of hydrogen-bond acceptors (Lipinski definition) is 5. The number of imidazole rings is 1. The van der Waals surface area contributed by atoms with Crippen LogP contribution in [-0.2, 0) is 10.0 Å². The number of carbonyl (C=O) groups excluding carboxylic acids is 1. The number of amides is 1. The van der Waals surface area contributed by atoms with Crippen LogP contribution in [0.3, 0.4) is 0 Å². The number of methoxy groups -OCH3 is 1. The molecular weight excluding hydrogens is 428 g/mol. The number of aryl methyl sites for hydroxylation is 1. The van der Waals surface area contributed by atoms with Gasteiger partial charge in [-0.25, -0.2) is 26.9 Å². The molecule has 0 unspecified atom stereocenters. The average molecular weight is 442 g/mol. The van der Waals surface area contributed by atoms with Crippen LogP contribution >= 0.6 is 11.6 Å². The monoisotopic (exact) mass is 441 g/mol. The van der Waals surface area contributed by atoms with E-state index in [9.17, 15) is 22.0 Å². The molecule has 0 bridgehead atoms. The minimum absolute atomic E-state index is 0.0882. The second-order valence-electron chi connectivity index (χ2n) is 5.90. The van der Waals surface area contributed by atoms with Gasteiger partial charge in [-0.3, -0.25) is 4.79 Å². The second kappa shape index (κ2) is 7.80. The van der Waals surface area contributed by atoms with Gasteiger partial charge in [0, 0.05) is 18.3 Å². The van der Waals surface area contributed by atoms with Gasteiger partial charge < -0.3 is 9.30 Å². The lowest BCUT2D eigenvalue weighted by molar-refractivity contribution is 0.0977. The van der Waals surface area contributed by atoms with E-state index in [-0.39, 0.29) is 32.9 Å². The van der Waals surface area contributed by atoms with Crippen LogP contribution < -0.4 is 9.46 Å². The van der Waals surface area contributed by atoms with Gasteiger partial charge in [-0.15, -0.1) is 0 Å². The molecule has 1 N–H and O–H groups in total. The van der Waals surface area contributed by atoms with Crippen molar-refractivity contribution in [2.75, 3.05) is 7.11 Å². The van der Waals surface area contributed by atoms with Crippen molar-refractivity contribution in [3.05, 3.63) is 70.8 Å². The summed E-state index contributed by atoms with van der Waals surface area (Å²) >= 11 is 5.93. The molecule has 0 aliphatic carbocycles. The fraction of sp³-hybridized carbons (Fsp3) is 0.111. The number of hydrogen-bond donors (Lipinski definition) is 1. The Bertz CT molecular complexity index is 1190. The summed E-state index contributed by atoms with van der Waals surface area (Å²) in [5.74, 6) is -2.21. The molecule has 11 heteroatoms. The molecule has 1 heterocycles. The quantitative estimate of drug-likeness (QED) is 0.656. The molecule has 0 spiro atoms. The Morgan fingerprint density at radius 2 is 1.83 bits per heavy atom. The molecule has 0 aliphatic heterocycles. The summed E-state index contributed by atoms with van der Waals surface area (Å²) in [4.78, 5) is 16.1. The summed E-state index contributed by atoms with van der Waals surface area (Å²) in [6, 6.07) is 6.74. The van der Waals surface area contributed by atoms with Crippen LogP contribution in [0.15, 0.2) is 47.5 Å². The lowest BCUT2D eigenvalue weighted by Gasteiger charge is -2.09. The van der Waals surface area contributed by atoms with Crippen LogP contribution in [0.4, 0.5) is 8.78 Å². The van der Waals surface area contributed by atoms with E-state index < -0.39 is 27.6 Å². The maximum absolute atomic E-state index is 13.5. The van der Waals surface area contributed by atoms with Crippen LogP contribution in [-0.4, -0.2) is 31.0 Å². The van der Waals surface area contributed by atoms with E-state index in [4.69, 9.17) is 16.3 Å². The third kappa shape index (κ3) is 4.38. The number of rotatable bonds is 5. The van der Waals surface area contributed by atoms with E-state index in [1.807, 2.05) is 4.72 Å². The lowest BCUT2D eigenvalue weighted by atomic mass is 10.3. The molecule has 1 amide bonds. The molecule has 0 saturated heterocycles. The van der Waals surface area contributed by atoms with Crippen molar-refractivity contribution in [2.45, 2.75) is 11.8 Å². The first-order valence-electron chi connectivity index (χ1n) is 8.04. The molecule has 0 saturated carbocycles. The van der Waals surface area contributed by atoms with Crippen molar-refractivity contribution in [1.82, 2.24) is 14.3 Å². The molecule has 152 valence electrons. The molecule has 29 heavy (non-hydrogen) atoms. The lowest BCUT2D eigenvalue weighted by Crippen LogP contribution is -2.31. The van der Waals surface area contributed by atoms with Crippen molar-refractivity contribution < 1.29 is 26.7 Å². The van der Waals surface area contributed by atoms with Gasteiger partial charge in [-0.1, -0.05) is 11.6 Å². The second-order valence-corrected chi connectivity index (χ2v) is 7.96. The van der Waals surface area contributed by atoms with Gasteiger partial charge in [0.25, 0.3) is 15.9 Å². The number of nitrogens with one attached hydrogen (secondary N) is 1. The van der Waals surface area contributed by atoms with Crippen molar-refractivity contribution in [2.24, 2.45) is 0 Å². The van der Waals surface area contributed by atoms with Crippen molar-refractivity contribution >= 4 is 27.5 Å². The Morgan fingerprint density at radius 3 is 2.45 bits per heavy atom. The molecule has 3 rings (SSSR count). The summed E-state index contributed by atoms with van der Waals surface area (Å²) in [5, 5.41) is -0.108. The summed E-state index contributed by atoms with van der Waals surface area (Å²) in [6.45, 7) is 1.49. The summed E-state index contributed by atoms with van der Waals surface area (Å²) in [7, 11) is -2.98. The fourth-order valence-corrected chi connectivity index (χ4v) is 4.04. The molecule has 0 radical (unpaired) electrons. The molecule has 3 aromatic rings. The first-order valence-corrected chi connectivity index (χ1v) is 9.90. The number of carbonyl (C=O) groups is 1. The number of sulfonamides is 1. The van der Waals surface area contributed by atoms with Crippen LogP contribution in [0.1, 0.15) is 16.3 Å². The smallest absolute Gasteiger partial charge is 0.285 e. The molecule has 0 atom stereocenters. The third-order valence-electron chi connectivity index (χ3n) is 3.90. The van der Waals surface area contributed by atoms with Crippen molar-refractivity contribution in [3.8, 4) is 11.4 Å². The predicted molar refractivity (Wildman–Crippen MR) is 101 cm³/mol. The standard InChI is InChI=1S/C18H14ClF2N3O4S/c1-10-22-16(9-24(10)13-6-11(20)5-12(21)7-13)18(25)23-29(26,27)17-8-14(28-2)3-4-15(17)19/h3-9H,1-2H3,(H,23,25). The minimum atomic E-state index is -4.33. The van der Waals surface area contributed by atoms with E-state index in [2.05, 4.69) is 4.98 Å². The van der Waals surface area contributed by atoms with Gasteiger partial charge >= 0.3 is 0 Å². The zero-order valence-electron chi connectivity index (χ0n) is 15.1. The van der Waals surface area contributed by atoms with Gasteiger partial charge in [0.15, 0.2) is 0 Å². The predicted octanol–water partition coefficient (Wildman–Crippen LogP) is 3.24. The zero-order chi connectivity index (χ0) is 21.3. The maximum Gasteiger partial charge on any atom is 0.285 e. The topological polar surface area (TPSA) is 90.3 Å². The Morgan fingerprint density at radius 1 is 1.17 bits per heavy atom. The number of aromatic nitrogens is 2. The molecule has 0 fully saturated rings. The van der Waals surface area contributed by atoms with E-state index in [0.717, 1.165) is 18.2 Å². The van der Waals surface area contributed by atoms with Gasteiger partial charge in [0.2, 0.25) is 0 Å². The van der Waals surface area contributed by atoms with Crippen LogP contribution in [0, 0.1) is 18.6 Å². The van der Waals surface area contributed by atoms with E-state index in [0.29, 0.717) is 6.07 Å². The Kier molecular flexibility index (Phi) is 5.58. The number of ether oxygens (including phenoxy) is 1. The van der Waals surface area contributed by atoms with Crippen molar-refractivity contribution in [3.63, 3.8) is 0 Å². The van der Waals surface area contributed by atoms with E-state index >= 15 is 0 Å². The normalized spacial score (nSPS) is 11.3. The number of halogens is 3. The highest BCUT2D eigenvalue weighted by Crippen LogP contribution is 2.26. The van der Waals surface area contributed by atoms with Crippen LogP contribution in [0.25, 0.3) is 5.69 Å². The van der Waals surface area contributed by atoms with Gasteiger partial charge in [0.1, 0.15) is 33.8 Å². The van der Waals surface area contributed by atoms with Gasteiger partial charge in [-0.05, 0) is 31.2 Å². The highest BCUT2D eigenvalue weighted by Gasteiger charge is 2.24. The number of nitrogens with zero attached hydrogens (tertiary/aromatic N) is 2. The Labute approximate surface area is 169 Å². The highest BCUT2D eigenvalue weighted by atomic mass is 35.5. The fourth-order valence-electron chi connectivity index (χ4n) is 2.57. The maximum atomic E-state index is 13.5. The molecule has 0 aliphatic rings. The average Bonchev–Trinajstić information content (AvgIpc) is 3.03. The molecular formula is C18H14ClF2N3O4S. The van der Waals surface area contributed by atoms with E-state index in [1.165, 1.54) is 36.9 Å². The summed E-state index contributed by atoms with van der Waals surface area (Å²) in [5.41, 5.74) is -0.181.